The molecule has 10 nitrogen and oxygen atoms in total. The van der Waals surface area contributed by atoms with Crippen molar-refractivity contribution in [3.63, 3.8) is 0 Å². The highest BCUT2D eigenvalue weighted by Crippen LogP contribution is 2.42. The van der Waals surface area contributed by atoms with Crippen LogP contribution < -0.4 is 4.74 Å². The summed E-state index contributed by atoms with van der Waals surface area (Å²) in [6.07, 6.45) is -9.60. The second-order valence-electron chi connectivity index (χ2n) is 10.0. The van der Waals surface area contributed by atoms with Gasteiger partial charge in [0.05, 0.1) is 5.57 Å². The zero-order valence-electron chi connectivity index (χ0n) is 20.9. The van der Waals surface area contributed by atoms with E-state index in [9.17, 15) is 32.9 Å². The molecule has 1 heterocycles. The van der Waals surface area contributed by atoms with Crippen molar-refractivity contribution < 1.29 is 51.6 Å². The summed E-state index contributed by atoms with van der Waals surface area (Å²) in [5, 5.41) is 9.57. The average molecular weight is 554 g/mol. The van der Waals surface area contributed by atoms with Gasteiger partial charge < -0.3 is 23.8 Å². The number of carbonyl (C=O) groups is 2. The highest BCUT2D eigenvalue weighted by atomic mass is 35.5. The van der Waals surface area contributed by atoms with E-state index >= 15 is 0 Å². The van der Waals surface area contributed by atoms with Crippen molar-refractivity contribution in [2.45, 2.75) is 65.5 Å². The Kier molecular flexibility index (Phi) is 8.95. The molecule has 0 N–H and O–H groups in total. The van der Waals surface area contributed by atoms with Gasteiger partial charge in [-0.05, 0) is 29.2 Å². The summed E-state index contributed by atoms with van der Waals surface area (Å²) in [4.78, 5) is 39.0. The van der Waals surface area contributed by atoms with Gasteiger partial charge in [-0.15, -0.1) is 10.1 Å². The summed E-state index contributed by atoms with van der Waals surface area (Å²) in [5.74, 6) is -1.55. The number of hydrogen-bond acceptors (Lipinski definition) is 9. The fourth-order valence-electron chi connectivity index (χ4n) is 3.14. The molecule has 0 amide bonds. The van der Waals surface area contributed by atoms with Crippen LogP contribution >= 0.6 is 11.6 Å². The molecule has 1 aromatic rings. The number of rotatable bonds is 8. The monoisotopic (exact) mass is 553 g/mol. The molecule has 0 fully saturated rings. The first kappa shape index (κ1) is 30.0. The molecule has 0 aromatic heterocycles. The number of carbonyl (C=O) groups excluding carboxylic acids is 2. The fourth-order valence-corrected chi connectivity index (χ4v) is 3.59. The van der Waals surface area contributed by atoms with Gasteiger partial charge in [-0.2, -0.15) is 13.2 Å². The SMILES string of the molecule is CC(OC(=O)OCC(C)(C)CO[N+](=O)[O-])OC(=O)C1=Cc2cc(Cl)c(C(C)(C)C)cc2O[C@@H]1C(F)(F)F. The molecular formula is C23H27ClF3NO9. The Morgan fingerprint density at radius 3 is 2.30 bits per heavy atom. The minimum atomic E-state index is -4.97. The average Bonchev–Trinajstić information content (AvgIpc) is 2.73. The first-order valence-electron chi connectivity index (χ1n) is 10.9. The highest BCUT2D eigenvalue weighted by molar-refractivity contribution is 6.31. The third-order valence-electron chi connectivity index (χ3n) is 4.96. The van der Waals surface area contributed by atoms with Gasteiger partial charge in [0.25, 0.3) is 5.09 Å². The van der Waals surface area contributed by atoms with E-state index in [4.69, 9.17) is 30.5 Å². The molecule has 14 heteroatoms. The predicted molar refractivity (Wildman–Crippen MR) is 123 cm³/mol. The largest absolute Gasteiger partial charge is 0.511 e. The van der Waals surface area contributed by atoms with Gasteiger partial charge in [0, 0.05) is 22.9 Å². The van der Waals surface area contributed by atoms with E-state index in [0.717, 1.165) is 13.0 Å². The quantitative estimate of drug-likeness (QED) is 0.174. The van der Waals surface area contributed by atoms with Crippen LogP contribution in [0.15, 0.2) is 17.7 Å². The number of esters is 1. The number of halogens is 4. The van der Waals surface area contributed by atoms with Gasteiger partial charge in [0.15, 0.2) is 0 Å². The number of benzene rings is 1. The van der Waals surface area contributed by atoms with Crippen LogP contribution in [0.3, 0.4) is 0 Å². The second kappa shape index (κ2) is 11.0. The van der Waals surface area contributed by atoms with Gasteiger partial charge in [-0.1, -0.05) is 46.2 Å². The maximum absolute atomic E-state index is 13.8. The molecular weight excluding hydrogens is 527 g/mol. The molecule has 1 aliphatic rings. The lowest BCUT2D eigenvalue weighted by molar-refractivity contribution is -0.760. The van der Waals surface area contributed by atoms with Crippen LogP contribution in [0.2, 0.25) is 5.02 Å². The number of fused-ring (bicyclic) bond motifs is 1. The maximum Gasteiger partial charge on any atom is 0.511 e. The highest BCUT2D eigenvalue weighted by Gasteiger charge is 2.49. The van der Waals surface area contributed by atoms with E-state index in [0.29, 0.717) is 5.56 Å². The molecule has 206 valence electrons. The lowest BCUT2D eigenvalue weighted by Gasteiger charge is -2.30. The number of hydrogen-bond donors (Lipinski definition) is 0. The van der Waals surface area contributed by atoms with Crippen LogP contribution in [0.1, 0.15) is 52.7 Å². The molecule has 1 aromatic carbocycles. The van der Waals surface area contributed by atoms with E-state index in [-0.39, 0.29) is 29.5 Å². The molecule has 0 spiro atoms. The van der Waals surface area contributed by atoms with E-state index in [1.165, 1.54) is 26.0 Å². The minimum Gasteiger partial charge on any atom is -0.475 e. The topological polar surface area (TPSA) is 123 Å². The molecule has 0 aliphatic carbocycles. The van der Waals surface area contributed by atoms with Crippen molar-refractivity contribution >= 4 is 29.8 Å². The summed E-state index contributed by atoms with van der Waals surface area (Å²) in [6, 6.07) is 2.79. The molecule has 0 saturated carbocycles. The first-order valence-corrected chi connectivity index (χ1v) is 11.3. The molecule has 37 heavy (non-hydrogen) atoms. The van der Waals surface area contributed by atoms with Crippen LogP contribution in [0.4, 0.5) is 18.0 Å². The summed E-state index contributed by atoms with van der Waals surface area (Å²) in [7, 11) is 0. The Morgan fingerprint density at radius 2 is 1.76 bits per heavy atom. The Hall–Kier alpha value is -3.22. The maximum atomic E-state index is 13.8. The smallest absolute Gasteiger partial charge is 0.475 e. The molecule has 2 atom stereocenters. The van der Waals surface area contributed by atoms with Crippen LogP contribution in [-0.2, 0) is 29.3 Å². The zero-order valence-corrected chi connectivity index (χ0v) is 21.7. The van der Waals surface area contributed by atoms with Crippen molar-refractivity contribution in [1.82, 2.24) is 0 Å². The molecule has 1 aliphatic heterocycles. The van der Waals surface area contributed by atoms with Crippen LogP contribution in [0, 0.1) is 15.5 Å². The summed E-state index contributed by atoms with van der Waals surface area (Å²) in [6.45, 7) is 8.86. The van der Waals surface area contributed by atoms with Crippen molar-refractivity contribution in [3.05, 3.63) is 44.0 Å². The number of alkyl halides is 3. The molecule has 1 unspecified atom stereocenters. The molecule has 0 radical (unpaired) electrons. The summed E-state index contributed by atoms with van der Waals surface area (Å²) >= 11 is 6.30. The third kappa shape index (κ3) is 8.41. The van der Waals surface area contributed by atoms with Crippen molar-refractivity contribution in [3.8, 4) is 5.75 Å². The van der Waals surface area contributed by atoms with E-state index in [1.807, 2.05) is 20.8 Å². The fraction of sp³-hybridized carbons (Fsp3) is 0.565. The predicted octanol–water partition coefficient (Wildman–Crippen LogP) is 5.62. The standard InChI is InChI=1S/C23H27ClF3NO9/c1-12(36-20(30)33-10-22(5,6)11-34-28(31)32)35-19(29)14-7-13-8-16(24)15(21(2,3)4)9-17(13)37-18(14)23(25,26)27/h7-9,12,18H,10-11H2,1-6H3/t12?,18-/m0/s1. The molecule has 0 bridgehead atoms. The summed E-state index contributed by atoms with van der Waals surface area (Å²) in [5.41, 5.74) is -1.62. The lowest BCUT2D eigenvalue weighted by atomic mass is 9.85. The van der Waals surface area contributed by atoms with Crippen LogP contribution in [0.5, 0.6) is 5.75 Å². The Bertz CT molecular complexity index is 1080. The minimum absolute atomic E-state index is 0.107. The first-order chi connectivity index (χ1) is 16.8. The van der Waals surface area contributed by atoms with Gasteiger partial charge in [-0.25, -0.2) is 9.59 Å². The summed E-state index contributed by atoms with van der Waals surface area (Å²) < 4.78 is 60.9. The second-order valence-corrected chi connectivity index (χ2v) is 10.5. The van der Waals surface area contributed by atoms with E-state index in [2.05, 4.69) is 4.84 Å². The zero-order chi connectivity index (χ0) is 28.3. The molecule has 0 saturated heterocycles. The number of ether oxygens (including phenoxy) is 4. The van der Waals surface area contributed by atoms with Crippen LogP contribution in [-0.4, -0.2) is 49.0 Å². The van der Waals surface area contributed by atoms with Gasteiger partial charge >= 0.3 is 18.3 Å². The van der Waals surface area contributed by atoms with Gasteiger partial charge in [0.2, 0.25) is 12.4 Å². The molecule has 2 rings (SSSR count). The Labute approximate surface area is 215 Å². The van der Waals surface area contributed by atoms with Gasteiger partial charge in [-0.3, -0.25) is 0 Å². The lowest BCUT2D eigenvalue weighted by Crippen LogP contribution is -2.41. The third-order valence-corrected chi connectivity index (χ3v) is 5.27. The van der Waals surface area contributed by atoms with Crippen molar-refractivity contribution in [2.75, 3.05) is 13.2 Å². The Balaban J connectivity index is 2.14. The van der Waals surface area contributed by atoms with E-state index < -0.39 is 52.2 Å². The van der Waals surface area contributed by atoms with Crippen molar-refractivity contribution in [1.29, 1.82) is 0 Å². The van der Waals surface area contributed by atoms with Crippen molar-refractivity contribution in [2.24, 2.45) is 5.41 Å². The normalized spacial score (nSPS) is 16.5. The number of nitrogens with zero attached hydrogens (tertiary/aromatic N) is 1. The Morgan fingerprint density at radius 1 is 1.14 bits per heavy atom. The van der Waals surface area contributed by atoms with Gasteiger partial charge in [0.1, 0.15) is 19.0 Å². The van der Waals surface area contributed by atoms with E-state index in [1.54, 1.807) is 0 Å². The van der Waals surface area contributed by atoms with Crippen LogP contribution in [0.25, 0.3) is 6.08 Å².